The van der Waals surface area contributed by atoms with Crippen LogP contribution < -0.4 is 5.69 Å². The minimum Gasteiger partial charge on any atom is -0.276 e. The van der Waals surface area contributed by atoms with Gasteiger partial charge in [-0.25, -0.2) is 4.79 Å². The number of hydrogen-bond donors (Lipinski definition) is 0. The number of aromatic nitrogens is 3. The molecule has 3 heterocycles. The Bertz CT molecular complexity index is 1740. The van der Waals surface area contributed by atoms with Crippen molar-refractivity contribution in [3.8, 4) is 11.1 Å². The molecule has 0 N–H and O–H groups in total. The average molecular weight is 397 g/mol. The first-order valence-electron chi connectivity index (χ1n) is 10.2. The number of hydrogen-bond acceptors (Lipinski definition) is 3. The van der Waals surface area contributed by atoms with Crippen LogP contribution >= 0.6 is 0 Å². The summed E-state index contributed by atoms with van der Waals surface area (Å²) in [6.07, 6.45) is 0. The minimum atomic E-state index is -0.460. The SMILES string of the molecule is O=c1nc2c3ccccc3c3cc(-c4ccccc4)cc4c5ccccc5c(n1)n2c34. The predicted molar refractivity (Wildman–Crippen MR) is 126 cm³/mol. The monoisotopic (exact) mass is 397 g/mol. The summed E-state index contributed by atoms with van der Waals surface area (Å²) in [6, 6.07) is 31.2. The van der Waals surface area contributed by atoms with Crippen molar-refractivity contribution in [2.45, 2.75) is 0 Å². The topological polar surface area (TPSA) is 47.3 Å². The lowest BCUT2D eigenvalue weighted by molar-refractivity contribution is 1.05. The maximum atomic E-state index is 12.5. The first-order valence-corrected chi connectivity index (χ1v) is 10.2. The van der Waals surface area contributed by atoms with Crippen LogP contribution in [0.15, 0.2) is 95.8 Å². The Hall–Kier alpha value is -4.31. The highest BCUT2D eigenvalue weighted by atomic mass is 16.1. The molecule has 0 saturated carbocycles. The van der Waals surface area contributed by atoms with Crippen LogP contribution in [-0.2, 0) is 0 Å². The molecule has 4 heteroatoms. The van der Waals surface area contributed by atoms with Gasteiger partial charge in [-0.3, -0.25) is 4.40 Å². The van der Waals surface area contributed by atoms with Gasteiger partial charge in [0.25, 0.3) is 0 Å². The molecular formula is C27H15N3O. The van der Waals surface area contributed by atoms with E-state index in [0.717, 1.165) is 43.4 Å². The van der Waals surface area contributed by atoms with Gasteiger partial charge in [0, 0.05) is 21.5 Å². The van der Waals surface area contributed by atoms with Gasteiger partial charge in [0.15, 0.2) is 11.3 Å². The molecule has 7 aromatic rings. The van der Waals surface area contributed by atoms with Gasteiger partial charge in [-0.2, -0.15) is 9.97 Å². The fourth-order valence-electron chi connectivity index (χ4n) is 4.89. The van der Waals surface area contributed by atoms with Gasteiger partial charge in [0.05, 0.1) is 5.52 Å². The fraction of sp³-hybridized carbons (Fsp3) is 0. The molecule has 0 bridgehead atoms. The number of benzene rings is 4. The van der Waals surface area contributed by atoms with E-state index in [2.05, 4.69) is 62.9 Å². The highest BCUT2D eigenvalue weighted by Gasteiger charge is 2.19. The van der Waals surface area contributed by atoms with Gasteiger partial charge in [-0.05, 0) is 34.0 Å². The second kappa shape index (κ2) is 5.86. The Kier molecular flexibility index (Phi) is 3.12. The van der Waals surface area contributed by atoms with Crippen molar-refractivity contribution < 1.29 is 0 Å². The molecule has 4 aromatic carbocycles. The lowest BCUT2D eigenvalue weighted by Gasteiger charge is -2.18. The summed E-state index contributed by atoms with van der Waals surface area (Å²) in [7, 11) is 0. The molecule has 0 aliphatic carbocycles. The molecule has 0 saturated heterocycles. The molecule has 0 amide bonds. The van der Waals surface area contributed by atoms with Crippen molar-refractivity contribution in [2.24, 2.45) is 0 Å². The predicted octanol–water partition coefficient (Wildman–Crippen LogP) is 5.81. The molecule has 0 radical (unpaired) electrons. The van der Waals surface area contributed by atoms with Gasteiger partial charge in [0.1, 0.15) is 0 Å². The number of nitrogens with zero attached hydrogens (tertiary/aromatic N) is 3. The van der Waals surface area contributed by atoms with Gasteiger partial charge in [0.2, 0.25) is 0 Å². The van der Waals surface area contributed by atoms with Crippen LogP contribution in [0.5, 0.6) is 0 Å². The van der Waals surface area contributed by atoms with Crippen LogP contribution in [0.2, 0.25) is 0 Å². The molecule has 0 aliphatic heterocycles. The maximum absolute atomic E-state index is 12.5. The Morgan fingerprint density at radius 3 is 1.55 bits per heavy atom. The second-order valence-electron chi connectivity index (χ2n) is 7.87. The third-order valence-corrected chi connectivity index (χ3v) is 6.18. The molecule has 0 fully saturated rings. The standard InChI is InChI=1S/C27H15N3O/c31-27-28-25-20-12-6-4-10-18(20)22-14-17(16-8-2-1-3-9-16)15-23-19-11-5-7-13-21(19)26(29-27)30(25)24(22)23/h1-15H. The van der Waals surface area contributed by atoms with E-state index < -0.39 is 5.69 Å². The average Bonchev–Trinajstić information content (AvgIpc) is 2.83. The third kappa shape index (κ3) is 2.16. The largest absolute Gasteiger partial charge is 0.371 e. The zero-order valence-electron chi connectivity index (χ0n) is 16.4. The van der Waals surface area contributed by atoms with Crippen molar-refractivity contribution in [1.29, 1.82) is 0 Å². The summed E-state index contributed by atoms with van der Waals surface area (Å²) in [5, 5.41) is 6.32. The Balaban J connectivity index is 1.88. The first kappa shape index (κ1) is 16.5. The quantitative estimate of drug-likeness (QED) is 0.260. The van der Waals surface area contributed by atoms with E-state index in [1.54, 1.807) is 0 Å². The van der Waals surface area contributed by atoms with E-state index in [9.17, 15) is 4.79 Å². The van der Waals surface area contributed by atoms with Crippen LogP contribution in [0.25, 0.3) is 60.3 Å². The van der Waals surface area contributed by atoms with E-state index in [1.165, 1.54) is 5.56 Å². The summed E-state index contributed by atoms with van der Waals surface area (Å²) in [6.45, 7) is 0. The van der Waals surface area contributed by atoms with Gasteiger partial charge in [-0.1, -0.05) is 78.9 Å². The zero-order valence-corrected chi connectivity index (χ0v) is 16.4. The lowest BCUT2D eigenvalue weighted by Crippen LogP contribution is -2.15. The van der Waals surface area contributed by atoms with Gasteiger partial charge >= 0.3 is 5.69 Å². The van der Waals surface area contributed by atoms with Gasteiger partial charge in [-0.15, -0.1) is 0 Å². The van der Waals surface area contributed by atoms with Crippen molar-refractivity contribution in [3.05, 3.63) is 101 Å². The number of rotatable bonds is 1. The molecule has 7 rings (SSSR count). The molecule has 3 aromatic heterocycles. The van der Waals surface area contributed by atoms with E-state index in [4.69, 9.17) is 0 Å². The molecule has 0 atom stereocenters. The van der Waals surface area contributed by atoms with E-state index in [-0.39, 0.29) is 0 Å². The summed E-state index contributed by atoms with van der Waals surface area (Å²) in [5.41, 5.74) is 4.22. The maximum Gasteiger partial charge on any atom is 0.371 e. The minimum absolute atomic E-state index is 0.460. The van der Waals surface area contributed by atoms with E-state index in [0.29, 0.717) is 11.3 Å². The number of pyridine rings is 2. The molecule has 0 spiro atoms. The highest BCUT2D eigenvalue weighted by Crippen LogP contribution is 2.39. The summed E-state index contributed by atoms with van der Waals surface area (Å²) in [4.78, 5) is 21.2. The molecular weight excluding hydrogens is 382 g/mol. The molecule has 0 unspecified atom stereocenters. The third-order valence-electron chi connectivity index (χ3n) is 6.18. The van der Waals surface area contributed by atoms with Crippen LogP contribution in [0, 0.1) is 0 Å². The summed E-state index contributed by atoms with van der Waals surface area (Å²) in [5.74, 6) is 0. The lowest BCUT2D eigenvalue weighted by atomic mass is 9.94. The Morgan fingerprint density at radius 2 is 1.00 bits per heavy atom. The zero-order chi connectivity index (χ0) is 20.5. The normalized spacial score (nSPS) is 12.0. The molecule has 31 heavy (non-hydrogen) atoms. The fourth-order valence-corrected chi connectivity index (χ4v) is 4.89. The highest BCUT2D eigenvalue weighted by molar-refractivity contribution is 6.24. The van der Waals surface area contributed by atoms with Crippen molar-refractivity contribution >= 4 is 49.1 Å². The smallest absolute Gasteiger partial charge is 0.276 e. The van der Waals surface area contributed by atoms with E-state index >= 15 is 0 Å². The number of fused-ring (bicyclic) bond motifs is 6. The second-order valence-corrected chi connectivity index (χ2v) is 7.87. The van der Waals surface area contributed by atoms with Crippen LogP contribution in [0.4, 0.5) is 0 Å². The van der Waals surface area contributed by atoms with Crippen molar-refractivity contribution in [2.75, 3.05) is 0 Å². The summed E-state index contributed by atoms with van der Waals surface area (Å²) < 4.78 is 2.06. The van der Waals surface area contributed by atoms with E-state index in [1.807, 2.05) is 42.5 Å². The van der Waals surface area contributed by atoms with Crippen molar-refractivity contribution in [1.82, 2.24) is 14.4 Å². The van der Waals surface area contributed by atoms with Crippen LogP contribution in [0.3, 0.4) is 0 Å². The van der Waals surface area contributed by atoms with Crippen LogP contribution in [0.1, 0.15) is 0 Å². The van der Waals surface area contributed by atoms with Crippen molar-refractivity contribution in [3.63, 3.8) is 0 Å². The molecule has 144 valence electrons. The molecule has 0 aliphatic rings. The Morgan fingerprint density at radius 1 is 0.516 bits per heavy atom. The van der Waals surface area contributed by atoms with Gasteiger partial charge < -0.3 is 0 Å². The first-order chi connectivity index (χ1) is 15.3. The summed E-state index contributed by atoms with van der Waals surface area (Å²) >= 11 is 0. The van der Waals surface area contributed by atoms with Crippen LogP contribution in [-0.4, -0.2) is 14.4 Å². The Labute approximate surface area is 176 Å². The molecule has 4 nitrogen and oxygen atoms in total.